The number of rotatable bonds is 6. The molecule has 0 aliphatic rings. The Morgan fingerprint density at radius 1 is 1.42 bits per heavy atom. The highest BCUT2D eigenvalue weighted by molar-refractivity contribution is 9.10. The van der Waals surface area contributed by atoms with Gasteiger partial charge in [-0.2, -0.15) is 5.10 Å². The molecule has 0 amide bonds. The standard InChI is InChI=1S/C13H15BrFN3O/c1-19-7-5-16-9-11-4-6-18(17-11)13-3-2-10(14)8-12(13)15/h2-4,6,8,16H,5,7,9H2,1H3. The van der Waals surface area contributed by atoms with E-state index in [4.69, 9.17) is 4.74 Å². The van der Waals surface area contributed by atoms with Gasteiger partial charge in [-0.25, -0.2) is 9.07 Å². The van der Waals surface area contributed by atoms with Gasteiger partial charge in [-0.1, -0.05) is 15.9 Å². The van der Waals surface area contributed by atoms with Gasteiger partial charge < -0.3 is 10.1 Å². The van der Waals surface area contributed by atoms with Crippen LogP contribution in [0.2, 0.25) is 0 Å². The zero-order valence-electron chi connectivity index (χ0n) is 10.6. The van der Waals surface area contributed by atoms with Crippen LogP contribution in [0.15, 0.2) is 34.9 Å². The van der Waals surface area contributed by atoms with Crippen molar-refractivity contribution in [1.29, 1.82) is 0 Å². The SMILES string of the molecule is COCCNCc1ccn(-c2ccc(Br)cc2F)n1. The van der Waals surface area contributed by atoms with Gasteiger partial charge >= 0.3 is 0 Å². The van der Waals surface area contributed by atoms with Crippen molar-refractivity contribution in [2.24, 2.45) is 0 Å². The number of benzene rings is 1. The van der Waals surface area contributed by atoms with E-state index in [1.165, 1.54) is 10.7 Å². The zero-order valence-corrected chi connectivity index (χ0v) is 12.2. The highest BCUT2D eigenvalue weighted by Crippen LogP contribution is 2.18. The van der Waals surface area contributed by atoms with E-state index in [1.807, 2.05) is 6.07 Å². The Morgan fingerprint density at radius 3 is 3.00 bits per heavy atom. The molecule has 2 aromatic rings. The molecule has 0 unspecified atom stereocenters. The van der Waals surface area contributed by atoms with Gasteiger partial charge in [0.05, 0.1) is 12.3 Å². The lowest BCUT2D eigenvalue weighted by atomic mass is 10.3. The fourth-order valence-corrected chi connectivity index (χ4v) is 1.98. The molecule has 0 aliphatic carbocycles. The second kappa shape index (κ2) is 6.79. The second-order valence-corrected chi connectivity index (χ2v) is 4.93. The van der Waals surface area contributed by atoms with Gasteiger partial charge in [0, 0.05) is 30.9 Å². The molecule has 6 heteroatoms. The predicted octanol–water partition coefficient (Wildman–Crippen LogP) is 2.51. The van der Waals surface area contributed by atoms with Crippen molar-refractivity contribution < 1.29 is 9.13 Å². The number of ether oxygens (including phenoxy) is 1. The van der Waals surface area contributed by atoms with E-state index in [9.17, 15) is 4.39 Å². The van der Waals surface area contributed by atoms with Gasteiger partial charge in [-0.15, -0.1) is 0 Å². The lowest BCUT2D eigenvalue weighted by Gasteiger charge is -2.04. The van der Waals surface area contributed by atoms with Crippen molar-refractivity contribution in [2.75, 3.05) is 20.3 Å². The maximum Gasteiger partial charge on any atom is 0.149 e. The van der Waals surface area contributed by atoms with E-state index in [0.29, 0.717) is 23.3 Å². The van der Waals surface area contributed by atoms with Crippen LogP contribution in [0, 0.1) is 5.82 Å². The number of aromatic nitrogens is 2. The first-order chi connectivity index (χ1) is 9.20. The largest absolute Gasteiger partial charge is 0.383 e. The first kappa shape index (κ1) is 14.2. The first-order valence-corrected chi connectivity index (χ1v) is 6.69. The lowest BCUT2D eigenvalue weighted by molar-refractivity contribution is 0.199. The molecule has 0 saturated heterocycles. The third-order valence-electron chi connectivity index (χ3n) is 2.59. The van der Waals surface area contributed by atoms with Crippen LogP contribution < -0.4 is 5.32 Å². The number of nitrogens with one attached hydrogen (secondary N) is 1. The molecule has 1 aromatic carbocycles. The normalized spacial score (nSPS) is 10.9. The van der Waals surface area contributed by atoms with E-state index in [2.05, 4.69) is 26.3 Å². The van der Waals surface area contributed by atoms with Crippen LogP contribution in [0.5, 0.6) is 0 Å². The molecule has 4 nitrogen and oxygen atoms in total. The molecular formula is C13H15BrFN3O. The van der Waals surface area contributed by atoms with Crippen molar-refractivity contribution in [3.8, 4) is 5.69 Å². The van der Waals surface area contributed by atoms with Gasteiger partial charge in [0.25, 0.3) is 0 Å². The quantitative estimate of drug-likeness (QED) is 0.828. The Labute approximate surface area is 119 Å². The molecule has 0 spiro atoms. The Kier molecular flexibility index (Phi) is 5.07. The number of halogens is 2. The summed E-state index contributed by atoms with van der Waals surface area (Å²) < 4.78 is 21.0. The van der Waals surface area contributed by atoms with Crippen molar-refractivity contribution in [3.63, 3.8) is 0 Å². The summed E-state index contributed by atoms with van der Waals surface area (Å²) in [7, 11) is 1.66. The zero-order chi connectivity index (χ0) is 13.7. The lowest BCUT2D eigenvalue weighted by Crippen LogP contribution is -2.18. The van der Waals surface area contributed by atoms with Gasteiger partial charge in [-0.3, -0.25) is 0 Å². The predicted molar refractivity (Wildman–Crippen MR) is 74.8 cm³/mol. The number of nitrogens with zero attached hydrogens (tertiary/aromatic N) is 2. The molecule has 102 valence electrons. The van der Waals surface area contributed by atoms with E-state index >= 15 is 0 Å². The Hall–Kier alpha value is -1.24. The van der Waals surface area contributed by atoms with E-state index in [0.717, 1.165) is 12.2 Å². The minimum atomic E-state index is -0.309. The average Bonchev–Trinajstić information content (AvgIpc) is 2.83. The highest BCUT2D eigenvalue weighted by Gasteiger charge is 2.06. The fourth-order valence-electron chi connectivity index (χ4n) is 1.65. The summed E-state index contributed by atoms with van der Waals surface area (Å²) >= 11 is 3.23. The topological polar surface area (TPSA) is 39.1 Å². The molecule has 2 rings (SSSR count). The second-order valence-electron chi connectivity index (χ2n) is 4.02. The van der Waals surface area contributed by atoms with Crippen LogP contribution in [0.3, 0.4) is 0 Å². The maximum atomic E-state index is 13.8. The molecule has 0 saturated carbocycles. The molecular weight excluding hydrogens is 313 g/mol. The maximum absolute atomic E-state index is 13.8. The van der Waals surface area contributed by atoms with Crippen molar-refractivity contribution in [3.05, 3.63) is 46.4 Å². The van der Waals surface area contributed by atoms with E-state index in [-0.39, 0.29) is 5.82 Å². The average molecular weight is 328 g/mol. The van der Waals surface area contributed by atoms with Crippen molar-refractivity contribution in [2.45, 2.75) is 6.54 Å². The third kappa shape index (κ3) is 3.86. The molecule has 0 aliphatic heterocycles. The van der Waals surface area contributed by atoms with Crippen LogP contribution in [0.1, 0.15) is 5.69 Å². The van der Waals surface area contributed by atoms with Crippen LogP contribution in [-0.4, -0.2) is 30.0 Å². The van der Waals surface area contributed by atoms with E-state index < -0.39 is 0 Å². The first-order valence-electron chi connectivity index (χ1n) is 5.90. The molecule has 1 aromatic heterocycles. The smallest absolute Gasteiger partial charge is 0.149 e. The Balaban J connectivity index is 2.04. The van der Waals surface area contributed by atoms with Crippen molar-refractivity contribution >= 4 is 15.9 Å². The fraction of sp³-hybridized carbons (Fsp3) is 0.308. The van der Waals surface area contributed by atoms with Gasteiger partial charge in [0.15, 0.2) is 0 Å². The summed E-state index contributed by atoms with van der Waals surface area (Å²) in [6.07, 6.45) is 1.75. The summed E-state index contributed by atoms with van der Waals surface area (Å²) in [5, 5.41) is 7.52. The summed E-state index contributed by atoms with van der Waals surface area (Å²) in [4.78, 5) is 0. The van der Waals surface area contributed by atoms with Crippen LogP contribution in [0.25, 0.3) is 5.69 Å². The number of hydrogen-bond acceptors (Lipinski definition) is 3. The van der Waals surface area contributed by atoms with Crippen LogP contribution in [0.4, 0.5) is 4.39 Å². The molecule has 1 N–H and O–H groups in total. The molecule has 0 fully saturated rings. The van der Waals surface area contributed by atoms with Gasteiger partial charge in [-0.05, 0) is 24.3 Å². The molecule has 0 radical (unpaired) electrons. The number of methoxy groups -OCH3 is 1. The summed E-state index contributed by atoms with van der Waals surface area (Å²) in [6.45, 7) is 2.05. The van der Waals surface area contributed by atoms with Crippen LogP contribution in [-0.2, 0) is 11.3 Å². The summed E-state index contributed by atoms with van der Waals surface area (Å²) in [6, 6.07) is 6.76. The number of hydrogen-bond donors (Lipinski definition) is 1. The molecule has 0 atom stereocenters. The monoisotopic (exact) mass is 327 g/mol. The third-order valence-corrected chi connectivity index (χ3v) is 3.08. The van der Waals surface area contributed by atoms with Crippen molar-refractivity contribution in [1.82, 2.24) is 15.1 Å². The minimum Gasteiger partial charge on any atom is -0.383 e. The minimum absolute atomic E-state index is 0.309. The summed E-state index contributed by atoms with van der Waals surface area (Å²) in [5.41, 5.74) is 1.30. The molecule has 19 heavy (non-hydrogen) atoms. The van der Waals surface area contributed by atoms with Gasteiger partial charge in [0.2, 0.25) is 0 Å². The highest BCUT2D eigenvalue weighted by atomic mass is 79.9. The van der Waals surface area contributed by atoms with E-state index in [1.54, 1.807) is 25.4 Å². The Morgan fingerprint density at radius 2 is 2.26 bits per heavy atom. The van der Waals surface area contributed by atoms with Gasteiger partial charge in [0.1, 0.15) is 11.5 Å². The summed E-state index contributed by atoms with van der Waals surface area (Å²) in [5.74, 6) is -0.309. The Bertz CT molecular complexity index is 544. The molecule has 0 bridgehead atoms. The van der Waals surface area contributed by atoms with Crippen LogP contribution >= 0.6 is 15.9 Å². The molecule has 1 heterocycles.